The van der Waals surface area contributed by atoms with Crippen molar-refractivity contribution in [2.75, 3.05) is 36.5 Å². The molecule has 10 heteroatoms. The molecule has 2 saturated heterocycles. The van der Waals surface area contributed by atoms with Crippen LogP contribution in [0.1, 0.15) is 38.7 Å². The molecule has 3 aliphatic rings. The molecule has 2 fully saturated rings. The van der Waals surface area contributed by atoms with Crippen molar-refractivity contribution in [2.45, 2.75) is 45.3 Å². The Morgan fingerprint density at radius 2 is 1.69 bits per heavy atom. The number of hydrogen-bond donors (Lipinski definition) is 1. The first kappa shape index (κ1) is 25.2. The predicted molar refractivity (Wildman–Crippen MR) is 124 cm³/mol. The number of carbonyl (C=O) groups is 3. The van der Waals surface area contributed by atoms with Gasteiger partial charge in [-0.3, -0.25) is 19.3 Å². The second-order valence-corrected chi connectivity index (χ2v) is 9.67. The van der Waals surface area contributed by atoms with Crippen molar-refractivity contribution in [2.24, 2.45) is 17.8 Å². The van der Waals surface area contributed by atoms with Crippen molar-refractivity contribution in [3.63, 3.8) is 0 Å². The molecule has 1 aliphatic carbocycles. The lowest BCUT2D eigenvalue weighted by Crippen LogP contribution is -2.48. The summed E-state index contributed by atoms with van der Waals surface area (Å²) in [7, 11) is 0. The molecule has 0 radical (unpaired) electrons. The van der Waals surface area contributed by atoms with E-state index in [2.05, 4.69) is 5.32 Å². The van der Waals surface area contributed by atoms with Gasteiger partial charge in [0.25, 0.3) is 0 Å². The highest BCUT2D eigenvalue weighted by Gasteiger charge is 2.51. The maximum atomic E-state index is 13.5. The fourth-order valence-corrected chi connectivity index (χ4v) is 5.02. The molecule has 0 aromatic heterocycles. The molecule has 35 heavy (non-hydrogen) atoms. The number of morpholine rings is 1. The van der Waals surface area contributed by atoms with E-state index < -0.39 is 35.5 Å². The van der Waals surface area contributed by atoms with Crippen LogP contribution in [0.15, 0.2) is 30.4 Å². The van der Waals surface area contributed by atoms with Crippen LogP contribution in [0.5, 0.6) is 0 Å². The minimum Gasteiger partial charge on any atom is -0.378 e. The molecular formula is C25H30F3N3O4. The number of nitrogens with one attached hydrogen (secondary N) is 1. The van der Waals surface area contributed by atoms with Gasteiger partial charge in [0, 0.05) is 13.1 Å². The van der Waals surface area contributed by atoms with E-state index in [0.717, 1.165) is 17.0 Å². The number of carbonyl (C=O) groups excluding carboxylic acids is 3. The number of imide groups is 1. The van der Waals surface area contributed by atoms with Gasteiger partial charge in [-0.05, 0) is 43.4 Å². The highest BCUT2D eigenvalue weighted by molar-refractivity contribution is 6.10. The summed E-state index contributed by atoms with van der Waals surface area (Å²) in [6, 6.07) is 2.13. The summed E-state index contributed by atoms with van der Waals surface area (Å²) in [6.45, 7) is 5.48. The van der Waals surface area contributed by atoms with E-state index in [1.807, 2.05) is 30.9 Å². The molecule has 0 spiro atoms. The molecule has 1 aromatic rings. The molecule has 3 amide bonds. The number of amides is 3. The number of alkyl halides is 3. The SMILES string of the molecule is CC(C)C[C@H](C(=O)Nc1cc(C(F)(F)F)ccc1N1CCOCC1)N1C(=O)[C@@H]2CC=CC[C@H]2C1=O. The third-order valence-corrected chi connectivity index (χ3v) is 6.78. The Hall–Kier alpha value is -2.88. The van der Waals surface area contributed by atoms with E-state index in [9.17, 15) is 27.6 Å². The van der Waals surface area contributed by atoms with Gasteiger partial charge >= 0.3 is 6.18 Å². The Balaban J connectivity index is 1.66. The quantitative estimate of drug-likeness (QED) is 0.481. The number of benzene rings is 1. The summed E-state index contributed by atoms with van der Waals surface area (Å²) in [5, 5.41) is 2.64. The molecule has 3 atom stereocenters. The molecule has 1 N–H and O–H groups in total. The largest absolute Gasteiger partial charge is 0.416 e. The number of anilines is 2. The molecule has 0 saturated carbocycles. The first-order valence-corrected chi connectivity index (χ1v) is 11.9. The number of allylic oxidation sites excluding steroid dienone is 2. The van der Waals surface area contributed by atoms with Crippen LogP contribution in [0, 0.1) is 17.8 Å². The third kappa shape index (κ3) is 5.22. The van der Waals surface area contributed by atoms with Crippen LogP contribution in [-0.4, -0.2) is 55.0 Å². The fourth-order valence-electron chi connectivity index (χ4n) is 5.02. The van der Waals surface area contributed by atoms with Gasteiger partial charge in [0.15, 0.2) is 0 Å². The second-order valence-electron chi connectivity index (χ2n) is 9.67. The number of rotatable bonds is 6. The molecule has 0 unspecified atom stereocenters. The Bertz CT molecular complexity index is 992. The minimum absolute atomic E-state index is 0.00124. The summed E-state index contributed by atoms with van der Waals surface area (Å²) in [5.74, 6) is -2.46. The van der Waals surface area contributed by atoms with Gasteiger partial charge in [-0.2, -0.15) is 13.2 Å². The smallest absolute Gasteiger partial charge is 0.378 e. The van der Waals surface area contributed by atoms with Crippen molar-refractivity contribution in [3.05, 3.63) is 35.9 Å². The molecule has 2 aliphatic heterocycles. The Morgan fingerprint density at radius 3 is 2.23 bits per heavy atom. The van der Waals surface area contributed by atoms with E-state index in [0.29, 0.717) is 44.8 Å². The van der Waals surface area contributed by atoms with Gasteiger partial charge in [-0.25, -0.2) is 0 Å². The number of nitrogens with zero attached hydrogens (tertiary/aromatic N) is 2. The zero-order valence-corrected chi connectivity index (χ0v) is 19.8. The van der Waals surface area contributed by atoms with Crippen molar-refractivity contribution in [1.29, 1.82) is 0 Å². The van der Waals surface area contributed by atoms with Crippen LogP contribution in [0.25, 0.3) is 0 Å². The van der Waals surface area contributed by atoms with Gasteiger partial charge in [-0.15, -0.1) is 0 Å². The number of hydrogen-bond acceptors (Lipinski definition) is 5. The van der Waals surface area contributed by atoms with Crippen molar-refractivity contribution in [3.8, 4) is 0 Å². The average Bonchev–Trinajstić information content (AvgIpc) is 3.07. The highest BCUT2D eigenvalue weighted by atomic mass is 19.4. The van der Waals surface area contributed by atoms with Crippen LogP contribution in [0.3, 0.4) is 0 Å². The number of likely N-dealkylation sites (tertiary alicyclic amines) is 1. The zero-order chi connectivity index (χ0) is 25.3. The molecule has 0 bridgehead atoms. The Kier molecular flexibility index (Phi) is 7.21. The molecule has 4 rings (SSSR count). The van der Waals surface area contributed by atoms with Crippen LogP contribution in [0.4, 0.5) is 24.5 Å². The summed E-state index contributed by atoms with van der Waals surface area (Å²) >= 11 is 0. The standard InChI is InChI=1S/C25H30F3N3O4/c1-15(2)13-21(31-23(33)17-5-3-4-6-18(17)24(31)34)22(32)29-19-14-16(25(26,27)28)7-8-20(19)30-9-11-35-12-10-30/h3-4,7-8,14-15,17-18,21H,5-6,9-13H2,1-2H3,(H,29,32)/t17-,18-,21-/m1/s1. The molecule has 2 heterocycles. The van der Waals surface area contributed by atoms with Crippen LogP contribution >= 0.6 is 0 Å². The van der Waals surface area contributed by atoms with E-state index >= 15 is 0 Å². The molecule has 1 aromatic carbocycles. The van der Waals surface area contributed by atoms with Gasteiger partial charge in [0.05, 0.1) is 42.0 Å². The van der Waals surface area contributed by atoms with Crippen LogP contribution in [0.2, 0.25) is 0 Å². The second kappa shape index (κ2) is 10.0. The fraction of sp³-hybridized carbons (Fsp3) is 0.560. The maximum Gasteiger partial charge on any atom is 0.416 e. The molecule has 7 nitrogen and oxygen atoms in total. The van der Waals surface area contributed by atoms with E-state index in [4.69, 9.17) is 4.74 Å². The van der Waals surface area contributed by atoms with Gasteiger partial charge < -0.3 is 15.0 Å². The van der Waals surface area contributed by atoms with Crippen molar-refractivity contribution in [1.82, 2.24) is 4.90 Å². The van der Waals surface area contributed by atoms with E-state index in [1.165, 1.54) is 6.07 Å². The van der Waals surface area contributed by atoms with Crippen LogP contribution < -0.4 is 10.2 Å². The highest BCUT2D eigenvalue weighted by Crippen LogP contribution is 2.39. The molecule has 190 valence electrons. The van der Waals surface area contributed by atoms with Crippen molar-refractivity contribution >= 4 is 29.1 Å². The maximum absolute atomic E-state index is 13.5. The summed E-state index contributed by atoms with van der Waals surface area (Å²) in [6.07, 6.45) is 0.230. The van der Waals surface area contributed by atoms with E-state index in [1.54, 1.807) is 0 Å². The van der Waals surface area contributed by atoms with Crippen molar-refractivity contribution < 1.29 is 32.3 Å². The normalized spacial score (nSPS) is 23.6. The summed E-state index contributed by atoms with van der Waals surface area (Å²) in [4.78, 5) is 42.7. The topological polar surface area (TPSA) is 79.0 Å². The first-order valence-electron chi connectivity index (χ1n) is 11.9. The van der Waals surface area contributed by atoms with Gasteiger partial charge in [-0.1, -0.05) is 26.0 Å². The van der Waals surface area contributed by atoms with Crippen LogP contribution in [-0.2, 0) is 25.3 Å². The summed E-state index contributed by atoms with van der Waals surface area (Å²) in [5.41, 5.74) is -0.454. The Labute approximate surface area is 202 Å². The number of halogens is 3. The molecular weight excluding hydrogens is 463 g/mol. The van der Waals surface area contributed by atoms with Gasteiger partial charge in [0.1, 0.15) is 6.04 Å². The van der Waals surface area contributed by atoms with Gasteiger partial charge in [0.2, 0.25) is 17.7 Å². The lowest BCUT2D eigenvalue weighted by atomic mass is 9.85. The number of ether oxygens (including phenoxy) is 1. The lowest BCUT2D eigenvalue weighted by Gasteiger charge is -2.32. The average molecular weight is 494 g/mol. The predicted octanol–water partition coefficient (Wildman–Crippen LogP) is 3.85. The first-order chi connectivity index (χ1) is 16.6. The summed E-state index contributed by atoms with van der Waals surface area (Å²) < 4.78 is 45.8. The zero-order valence-electron chi connectivity index (χ0n) is 19.8. The monoisotopic (exact) mass is 493 g/mol. The van der Waals surface area contributed by atoms with E-state index in [-0.39, 0.29) is 29.8 Å². The Morgan fingerprint density at radius 1 is 1.09 bits per heavy atom. The third-order valence-electron chi connectivity index (χ3n) is 6.78. The number of fused-ring (bicyclic) bond motifs is 1. The lowest BCUT2D eigenvalue weighted by molar-refractivity contribution is -0.147. The minimum atomic E-state index is -4.59.